The maximum Gasteiger partial charge on any atom is 0.265 e. The number of aromatic nitrogens is 6. The fourth-order valence-corrected chi connectivity index (χ4v) is 2.68. The minimum absolute atomic E-state index is 0.0475. The molecule has 1 amide bonds. The Bertz CT molecular complexity index is 899. The monoisotopic (exact) mass is 373 g/mol. The van der Waals surface area contributed by atoms with Gasteiger partial charge in [0.15, 0.2) is 5.16 Å². The van der Waals surface area contributed by atoms with Gasteiger partial charge < -0.3 is 9.72 Å². The van der Waals surface area contributed by atoms with Crippen LogP contribution in [0.3, 0.4) is 0 Å². The Kier molecular flexibility index (Phi) is 5.93. The number of carbonyl (C=O) groups excluding carboxylic acids is 1. The first-order valence-corrected chi connectivity index (χ1v) is 8.66. The highest BCUT2D eigenvalue weighted by molar-refractivity contribution is 7.99. The Balaban J connectivity index is 1.46. The van der Waals surface area contributed by atoms with E-state index in [1.807, 2.05) is 30.3 Å². The number of anilines is 1. The SMILES string of the molecule is O=C(Nc1nnn[nH]1)c1cnc(SCCCOc2ccccc2)[nH]c1=O. The summed E-state index contributed by atoms with van der Waals surface area (Å²) in [5, 5.41) is 15.3. The summed E-state index contributed by atoms with van der Waals surface area (Å²) in [6, 6.07) is 9.54. The molecule has 0 aliphatic carbocycles. The van der Waals surface area contributed by atoms with Gasteiger partial charge in [-0.1, -0.05) is 35.1 Å². The zero-order chi connectivity index (χ0) is 18.2. The molecule has 0 fully saturated rings. The van der Waals surface area contributed by atoms with Gasteiger partial charge in [0, 0.05) is 11.9 Å². The number of nitrogens with zero attached hydrogens (tertiary/aromatic N) is 4. The molecule has 2 heterocycles. The highest BCUT2D eigenvalue weighted by atomic mass is 32.2. The Morgan fingerprint density at radius 2 is 2.12 bits per heavy atom. The van der Waals surface area contributed by atoms with Gasteiger partial charge in [0.05, 0.1) is 6.61 Å². The minimum atomic E-state index is -0.648. The summed E-state index contributed by atoms with van der Waals surface area (Å²) in [7, 11) is 0. The minimum Gasteiger partial charge on any atom is -0.494 e. The van der Waals surface area contributed by atoms with Crippen molar-refractivity contribution in [1.82, 2.24) is 30.6 Å². The molecule has 134 valence electrons. The first kappa shape index (κ1) is 17.6. The molecule has 11 heteroatoms. The number of hydrogen-bond donors (Lipinski definition) is 3. The lowest BCUT2D eigenvalue weighted by molar-refractivity contribution is 0.102. The van der Waals surface area contributed by atoms with E-state index in [0.29, 0.717) is 17.5 Å². The van der Waals surface area contributed by atoms with E-state index >= 15 is 0 Å². The zero-order valence-electron chi connectivity index (χ0n) is 13.5. The smallest absolute Gasteiger partial charge is 0.265 e. The molecule has 1 aromatic carbocycles. The Morgan fingerprint density at radius 3 is 2.85 bits per heavy atom. The van der Waals surface area contributed by atoms with Crippen molar-refractivity contribution < 1.29 is 9.53 Å². The van der Waals surface area contributed by atoms with Crippen LogP contribution in [-0.4, -0.2) is 48.9 Å². The van der Waals surface area contributed by atoms with Crippen molar-refractivity contribution in [3.05, 3.63) is 52.4 Å². The van der Waals surface area contributed by atoms with Crippen LogP contribution in [0.15, 0.2) is 46.5 Å². The molecular formula is C15H15N7O3S. The van der Waals surface area contributed by atoms with Crippen LogP contribution in [0.2, 0.25) is 0 Å². The van der Waals surface area contributed by atoms with E-state index in [4.69, 9.17) is 4.74 Å². The number of rotatable bonds is 8. The number of aromatic amines is 2. The van der Waals surface area contributed by atoms with Gasteiger partial charge in [-0.3, -0.25) is 14.9 Å². The second kappa shape index (κ2) is 8.76. The van der Waals surface area contributed by atoms with Crippen molar-refractivity contribution in [2.24, 2.45) is 0 Å². The van der Waals surface area contributed by atoms with E-state index in [2.05, 4.69) is 35.9 Å². The van der Waals surface area contributed by atoms with Crippen LogP contribution in [0.25, 0.3) is 0 Å². The molecule has 0 saturated heterocycles. The van der Waals surface area contributed by atoms with Crippen LogP contribution < -0.4 is 15.6 Å². The molecule has 2 aromatic heterocycles. The van der Waals surface area contributed by atoms with Gasteiger partial charge in [0.25, 0.3) is 11.5 Å². The van der Waals surface area contributed by atoms with Crippen LogP contribution >= 0.6 is 11.8 Å². The van der Waals surface area contributed by atoms with Gasteiger partial charge in [-0.15, -0.1) is 0 Å². The molecule has 26 heavy (non-hydrogen) atoms. The number of benzene rings is 1. The number of para-hydroxylation sites is 1. The average molecular weight is 373 g/mol. The number of tetrazole rings is 1. The van der Waals surface area contributed by atoms with E-state index in [9.17, 15) is 9.59 Å². The van der Waals surface area contributed by atoms with Crippen LogP contribution in [0.5, 0.6) is 5.75 Å². The Morgan fingerprint density at radius 1 is 1.27 bits per heavy atom. The summed E-state index contributed by atoms with van der Waals surface area (Å²) in [6.07, 6.45) is 2.00. The fraction of sp³-hybridized carbons (Fsp3) is 0.200. The highest BCUT2D eigenvalue weighted by Gasteiger charge is 2.13. The maximum atomic E-state index is 12.0. The summed E-state index contributed by atoms with van der Waals surface area (Å²) in [4.78, 5) is 30.7. The van der Waals surface area contributed by atoms with Gasteiger partial charge in [0.2, 0.25) is 5.95 Å². The molecule has 3 N–H and O–H groups in total. The molecule has 0 aliphatic heterocycles. The van der Waals surface area contributed by atoms with Gasteiger partial charge in [0.1, 0.15) is 11.3 Å². The van der Waals surface area contributed by atoms with E-state index in [1.165, 1.54) is 18.0 Å². The summed E-state index contributed by atoms with van der Waals surface area (Å²) >= 11 is 1.38. The molecule has 0 spiro atoms. The Hall–Kier alpha value is -3.21. The molecule has 0 saturated carbocycles. The first-order valence-electron chi connectivity index (χ1n) is 7.67. The van der Waals surface area contributed by atoms with Crippen molar-refractivity contribution in [2.45, 2.75) is 11.6 Å². The lowest BCUT2D eigenvalue weighted by Crippen LogP contribution is -2.24. The molecule has 0 unspecified atom stereocenters. The first-order chi connectivity index (χ1) is 12.7. The second-order valence-electron chi connectivity index (χ2n) is 5.00. The summed E-state index contributed by atoms with van der Waals surface area (Å²) < 4.78 is 5.59. The largest absolute Gasteiger partial charge is 0.494 e. The lowest BCUT2D eigenvalue weighted by atomic mass is 10.3. The van der Waals surface area contributed by atoms with Gasteiger partial charge in [-0.05, 0) is 29.0 Å². The molecule has 0 aliphatic rings. The quantitative estimate of drug-likeness (QED) is 0.303. The van der Waals surface area contributed by atoms with E-state index in [-0.39, 0.29) is 11.5 Å². The van der Waals surface area contributed by atoms with Crippen LogP contribution in [0.1, 0.15) is 16.8 Å². The normalized spacial score (nSPS) is 10.5. The van der Waals surface area contributed by atoms with Gasteiger partial charge in [-0.2, -0.15) is 0 Å². The zero-order valence-corrected chi connectivity index (χ0v) is 14.3. The number of hydrogen-bond acceptors (Lipinski definition) is 8. The standard InChI is InChI=1S/C15H15N7O3S/c23-12(17-14-19-21-22-20-14)11-9-16-15(18-13(11)24)26-8-4-7-25-10-5-2-1-3-6-10/h1-3,5-6,9H,4,7-8H2,(H,16,18,24)(H2,17,19,20,21,22,23). The number of carbonyl (C=O) groups is 1. The predicted molar refractivity (Wildman–Crippen MR) is 94.3 cm³/mol. The fourth-order valence-electron chi connectivity index (χ4n) is 1.94. The van der Waals surface area contributed by atoms with E-state index < -0.39 is 11.5 Å². The van der Waals surface area contributed by atoms with Crippen molar-refractivity contribution in [3.8, 4) is 5.75 Å². The third-order valence-electron chi connectivity index (χ3n) is 3.14. The lowest BCUT2D eigenvalue weighted by Gasteiger charge is -2.05. The van der Waals surface area contributed by atoms with Crippen molar-refractivity contribution in [3.63, 3.8) is 0 Å². The van der Waals surface area contributed by atoms with Crippen LogP contribution in [0, 0.1) is 0 Å². The highest BCUT2D eigenvalue weighted by Crippen LogP contribution is 2.13. The number of thioether (sulfide) groups is 1. The van der Waals surface area contributed by atoms with Crippen LogP contribution in [0.4, 0.5) is 5.95 Å². The van der Waals surface area contributed by atoms with Crippen molar-refractivity contribution in [1.29, 1.82) is 0 Å². The van der Waals surface area contributed by atoms with Crippen molar-refractivity contribution in [2.75, 3.05) is 17.7 Å². The Labute approximate surface area is 151 Å². The number of amides is 1. The maximum absolute atomic E-state index is 12.0. The number of H-pyrrole nitrogens is 2. The van der Waals surface area contributed by atoms with Crippen LogP contribution in [-0.2, 0) is 0 Å². The average Bonchev–Trinajstić information content (AvgIpc) is 3.15. The van der Waals surface area contributed by atoms with E-state index in [1.54, 1.807) is 0 Å². The molecule has 0 radical (unpaired) electrons. The molecular weight excluding hydrogens is 358 g/mol. The van der Waals surface area contributed by atoms with Gasteiger partial charge >= 0.3 is 0 Å². The number of ether oxygens (including phenoxy) is 1. The molecule has 0 bridgehead atoms. The molecule has 3 aromatic rings. The third kappa shape index (κ3) is 4.89. The van der Waals surface area contributed by atoms with Gasteiger partial charge in [-0.25, -0.2) is 10.1 Å². The summed E-state index contributed by atoms with van der Waals surface area (Å²) in [5.74, 6) is 0.933. The number of nitrogens with one attached hydrogen (secondary N) is 3. The van der Waals surface area contributed by atoms with E-state index in [0.717, 1.165) is 12.2 Å². The molecule has 0 atom stereocenters. The van der Waals surface area contributed by atoms with Crippen molar-refractivity contribution >= 4 is 23.6 Å². The summed E-state index contributed by atoms with van der Waals surface area (Å²) in [5.41, 5.74) is -0.661. The second-order valence-corrected chi connectivity index (χ2v) is 6.08. The molecule has 10 nitrogen and oxygen atoms in total. The predicted octanol–water partition coefficient (Wildman–Crippen LogP) is 1.10. The molecule has 3 rings (SSSR count). The summed E-state index contributed by atoms with van der Waals surface area (Å²) in [6.45, 7) is 0.562. The topological polar surface area (TPSA) is 139 Å². The third-order valence-corrected chi connectivity index (χ3v) is 4.11.